The van der Waals surface area contributed by atoms with Crippen molar-refractivity contribution in [2.24, 2.45) is 0 Å². The van der Waals surface area contributed by atoms with E-state index >= 15 is 0 Å². The molecule has 0 aromatic heterocycles. The van der Waals surface area contributed by atoms with Crippen LogP contribution in [0.5, 0.6) is 5.75 Å². The van der Waals surface area contributed by atoms with Gasteiger partial charge < -0.3 is 10.1 Å². The van der Waals surface area contributed by atoms with Crippen LogP contribution in [0.4, 0.5) is 0 Å². The van der Waals surface area contributed by atoms with Crippen LogP contribution in [0, 0.1) is 6.92 Å². The number of carbonyl (C=O) groups excluding carboxylic acids is 1. The van der Waals surface area contributed by atoms with E-state index in [2.05, 4.69) is 5.32 Å². The van der Waals surface area contributed by atoms with Gasteiger partial charge in [-0.25, -0.2) is 0 Å². The Bertz CT molecular complexity index is 640. The molecule has 2 aromatic carbocycles. The average Bonchev–Trinajstić information content (AvgIpc) is 2.49. The molecule has 1 N–H and O–H groups in total. The predicted molar refractivity (Wildman–Crippen MR) is 89.3 cm³/mol. The highest BCUT2D eigenvalue weighted by atomic mass is 35.5. The lowest BCUT2D eigenvalue weighted by atomic mass is 10.1. The van der Waals surface area contributed by atoms with Crippen molar-refractivity contribution >= 4 is 17.5 Å². The topological polar surface area (TPSA) is 38.3 Å². The van der Waals surface area contributed by atoms with Gasteiger partial charge in [0.1, 0.15) is 5.75 Å². The van der Waals surface area contributed by atoms with Crippen molar-refractivity contribution in [2.75, 3.05) is 0 Å². The van der Waals surface area contributed by atoms with Gasteiger partial charge in [-0.3, -0.25) is 4.79 Å². The first-order valence-electron chi connectivity index (χ1n) is 7.25. The number of nitrogens with one attached hydrogen (secondary N) is 1. The number of ether oxygens (including phenoxy) is 1. The maximum absolute atomic E-state index is 12.2. The summed E-state index contributed by atoms with van der Waals surface area (Å²) in [5.74, 6) is 0.525. The largest absolute Gasteiger partial charge is 0.481 e. The molecule has 0 saturated carbocycles. The van der Waals surface area contributed by atoms with E-state index in [-0.39, 0.29) is 11.9 Å². The molecule has 2 aromatic rings. The lowest BCUT2D eigenvalue weighted by Crippen LogP contribution is -2.37. The summed E-state index contributed by atoms with van der Waals surface area (Å²) in [6.07, 6.45) is -0.565. The molecular formula is C18H20ClNO2. The van der Waals surface area contributed by atoms with Gasteiger partial charge in [-0.15, -0.1) is 0 Å². The Balaban J connectivity index is 1.94. The van der Waals surface area contributed by atoms with Crippen LogP contribution >= 0.6 is 11.6 Å². The monoisotopic (exact) mass is 317 g/mol. The number of carbonyl (C=O) groups is 1. The molecule has 2 unspecified atom stereocenters. The van der Waals surface area contributed by atoms with Crippen molar-refractivity contribution in [2.45, 2.75) is 32.9 Å². The summed E-state index contributed by atoms with van der Waals surface area (Å²) in [4.78, 5) is 12.2. The molecule has 0 radical (unpaired) electrons. The highest BCUT2D eigenvalue weighted by molar-refractivity contribution is 6.30. The summed E-state index contributed by atoms with van der Waals surface area (Å²) in [5.41, 5.74) is 2.11. The first-order valence-corrected chi connectivity index (χ1v) is 7.62. The molecule has 0 fully saturated rings. The van der Waals surface area contributed by atoms with Gasteiger partial charge in [0.25, 0.3) is 5.91 Å². The van der Waals surface area contributed by atoms with Gasteiger partial charge in [0.05, 0.1) is 6.04 Å². The Morgan fingerprint density at radius 1 is 1.14 bits per heavy atom. The van der Waals surface area contributed by atoms with Gasteiger partial charge >= 0.3 is 0 Å². The van der Waals surface area contributed by atoms with Crippen LogP contribution in [0.3, 0.4) is 0 Å². The molecule has 0 heterocycles. The summed E-state index contributed by atoms with van der Waals surface area (Å²) >= 11 is 5.97. The number of rotatable bonds is 5. The lowest BCUT2D eigenvalue weighted by molar-refractivity contribution is -0.127. The van der Waals surface area contributed by atoms with Crippen LogP contribution in [-0.2, 0) is 4.79 Å². The zero-order valence-electron chi connectivity index (χ0n) is 13.0. The number of halogens is 1. The van der Waals surface area contributed by atoms with E-state index in [0.717, 1.165) is 11.1 Å². The molecular weight excluding hydrogens is 298 g/mol. The Morgan fingerprint density at radius 2 is 1.82 bits per heavy atom. The van der Waals surface area contributed by atoms with E-state index in [0.29, 0.717) is 10.8 Å². The minimum atomic E-state index is -0.565. The van der Waals surface area contributed by atoms with Gasteiger partial charge in [0.2, 0.25) is 0 Å². The molecule has 22 heavy (non-hydrogen) atoms. The average molecular weight is 318 g/mol. The summed E-state index contributed by atoms with van der Waals surface area (Å²) in [5, 5.41) is 3.59. The molecule has 1 amide bonds. The summed E-state index contributed by atoms with van der Waals surface area (Å²) in [6.45, 7) is 5.66. The predicted octanol–water partition coefficient (Wildman–Crippen LogP) is 4.29. The fourth-order valence-corrected chi connectivity index (χ4v) is 2.26. The van der Waals surface area contributed by atoms with Crippen LogP contribution in [0.25, 0.3) is 0 Å². The second kappa shape index (κ2) is 7.32. The maximum Gasteiger partial charge on any atom is 0.261 e. The third kappa shape index (κ3) is 4.50. The molecule has 0 aliphatic carbocycles. The summed E-state index contributed by atoms with van der Waals surface area (Å²) < 4.78 is 5.65. The molecule has 2 rings (SSSR count). The Kier molecular flexibility index (Phi) is 5.45. The number of amides is 1. The van der Waals surface area contributed by atoms with Crippen LogP contribution in [0.2, 0.25) is 5.02 Å². The Labute approximate surface area is 136 Å². The Morgan fingerprint density at radius 3 is 2.45 bits per heavy atom. The summed E-state index contributed by atoms with van der Waals surface area (Å²) in [6, 6.07) is 15.0. The third-order valence-corrected chi connectivity index (χ3v) is 3.65. The molecule has 0 spiro atoms. The van der Waals surface area contributed by atoms with Crippen molar-refractivity contribution in [1.82, 2.24) is 5.32 Å². The fourth-order valence-electron chi connectivity index (χ4n) is 2.06. The molecule has 0 aliphatic heterocycles. The van der Waals surface area contributed by atoms with Gasteiger partial charge in [0, 0.05) is 5.02 Å². The van der Waals surface area contributed by atoms with Crippen molar-refractivity contribution in [3.63, 3.8) is 0 Å². The second-order valence-corrected chi connectivity index (χ2v) is 5.79. The summed E-state index contributed by atoms with van der Waals surface area (Å²) in [7, 11) is 0. The molecule has 3 nitrogen and oxygen atoms in total. The van der Waals surface area contributed by atoms with Crippen LogP contribution in [-0.4, -0.2) is 12.0 Å². The van der Waals surface area contributed by atoms with Crippen molar-refractivity contribution in [1.29, 1.82) is 0 Å². The zero-order valence-corrected chi connectivity index (χ0v) is 13.7. The molecule has 116 valence electrons. The van der Waals surface area contributed by atoms with E-state index in [1.165, 1.54) is 0 Å². The van der Waals surface area contributed by atoms with Crippen LogP contribution in [0.1, 0.15) is 31.0 Å². The zero-order chi connectivity index (χ0) is 16.1. The highest BCUT2D eigenvalue weighted by Crippen LogP contribution is 2.18. The SMILES string of the molecule is Cc1ccc(OC(C)C(=O)NC(C)c2cccc(Cl)c2)cc1. The van der Waals surface area contributed by atoms with Crippen molar-refractivity contribution in [3.05, 3.63) is 64.7 Å². The molecule has 4 heteroatoms. The number of hydrogen-bond donors (Lipinski definition) is 1. The number of hydrogen-bond acceptors (Lipinski definition) is 2. The molecule has 0 saturated heterocycles. The molecule has 0 bridgehead atoms. The van der Waals surface area contributed by atoms with E-state index in [4.69, 9.17) is 16.3 Å². The Hall–Kier alpha value is -2.00. The number of aryl methyl sites for hydroxylation is 1. The fraction of sp³-hybridized carbons (Fsp3) is 0.278. The first-order chi connectivity index (χ1) is 10.5. The van der Waals surface area contributed by atoms with Gasteiger partial charge in [-0.05, 0) is 50.6 Å². The van der Waals surface area contributed by atoms with E-state index in [1.807, 2.05) is 62.4 Å². The quantitative estimate of drug-likeness (QED) is 0.893. The highest BCUT2D eigenvalue weighted by Gasteiger charge is 2.17. The maximum atomic E-state index is 12.2. The van der Waals surface area contributed by atoms with Crippen LogP contribution in [0.15, 0.2) is 48.5 Å². The minimum Gasteiger partial charge on any atom is -0.481 e. The lowest BCUT2D eigenvalue weighted by Gasteiger charge is -2.19. The standard InChI is InChI=1S/C18H20ClNO2/c1-12-7-9-17(10-8-12)22-14(3)18(21)20-13(2)15-5-4-6-16(19)11-15/h4-11,13-14H,1-3H3,(H,20,21). The normalized spacial score (nSPS) is 13.3. The smallest absolute Gasteiger partial charge is 0.261 e. The first kappa shape index (κ1) is 16.4. The molecule has 2 atom stereocenters. The van der Waals surface area contributed by atoms with Gasteiger partial charge in [-0.2, -0.15) is 0 Å². The second-order valence-electron chi connectivity index (χ2n) is 5.36. The third-order valence-electron chi connectivity index (χ3n) is 3.41. The van der Waals surface area contributed by atoms with Crippen molar-refractivity contribution < 1.29 is 9.53 Å². The van der Waals surface area contributed by atoms with Gasteiger partial charge in [0.15, 0.2) is 6.10 Å². The van der Waals surface area contributed by atoms with E-state index < -0.39 is 6.10 Å². The van der Waals surface area contributed by atoms with E-state index in [9.17, 15) is 4.79 Å². The van der Waals surface area contributed by atoms with Crippen LogP contribution < -0.4 is 10.1 Å². The van der Waals surface area contributed by atoms with Gasteiger partial charge in [-0.1, -0.05) is 41.4 Å². The number of benzene rings is 2. The van der Waals surface area contributed by atoms with Crippen molar-refractivity contribution in [3.8, 4) is 5.75 Å². The van der Waals surface area contributed by atoms with E-state index in [1.54, 1.807) is 6.92 Å². The molecule has 0 aliphatic rings. The minimum absolute atomic E-state index is 0.129.